The van der Waals surface area contributed by atoms with Gasteiger partial charge in [0.2, 0.25) is 0 Å². The van der Waals surface area contributed by atoms with E-state index in [0.29, 0.717) is 12.2 Å². The number of benzene rings is 1. The average Bonchev–Trinajstić information content (AvgIpc) is 2.38. The highest BCUT2D eigenvalue weighted by molar-refractivity contribution is 5.47. The van der Waals surface area contributed by atoms with Gasteiger partial charge in [0, 0.05) is 0 Å². The van der Waals surface area contributed by atoms with Gasteiger partial charge in [0.05, 0.1) is 17.2 Å². The van der Waals surface area contributed by atoms with Gasteiger partial charge in [0.1, 0.15) is 12.4 Å². The van der Waals surface area contributed by atoms with E-state index in [1.807, 2.05) is 26.0 Å². The van der Waals surface area contributed by atoms with Crippen LogP contribution in [0.3, 0.4) is 0 Å². The predicted octanol–water partition coefficient (Wildman–Crippen LogP) is 3.25. The molecule has 1 aromatic carbocycles. The highest BCUT2D eigenvalue weighted by atomic mass is 16.5. The van der Waals surface area contributed by atoms with Gasteiger partial charge in [-0.2, -0.15) is 5.26 Å². The maximum Gasteiger partial charge on any atom is 0.125 e. The summed E-state index contributed by atoms with van der Waals surface area (Å²) < 4.78 is 5.85. The van der Waals surface area contributed by atoms with E-state index in [1.165, 1.54) is 6.42 Å². The van der Waals surface area contributed by atoms with Crippen LogP contribution in [-0.4, -0.2) is 17.3 Å². The molecule has 1 aliphatic rings. The number of aryl methyl sites for hydroxylation is 2. The smallest absolute Gasteiger partial charge is 0.125 e. The van der Waals surface area contributed by atoms with Crippen LogP contribution in [0.4, 0.5) is 0 Å². The summed E-state index contributed by atoms with van der Waals surface area (Å²) in [5, 5.41) is 19.4. The maximum atomic E-state index is 10.4. The summed E-state index contributed by atoms with van der Waals surface area (Å²) in [5.74, 6) is 0.804. The molecule has 19 heavy (non-hydrogen) atoms. The van der Waals surface area contributed by atoms with E-state index in [2.05, 4.69) is 6.07 Å². The van der Waals surface area contributed by atoms with Crippen LogP contribution >= 0.6 is 0 Å². The first kappa shape index (κ1) is 13.9. The second-order valence-electron chi connectivity index (χ2n) is 5.62. The lowest BCUT2D eigenvalue weighted by Gasteiger charge is -2.32. The van der Waals surface area contributed by atoms with Crippen molar-refractivity contribution in [1.82, 2.24) is 0 Å². The Morgan fingerprint density at radius 3 is 2.32 bits per heavy atom. The maximum absolute atomic E-state index is 10.4. The zero-order valence-electron chi connectivity index (χ0n) is 11.7. The van der Waals surface area contributed by atoms with E-state index in [4.69, 9.17) is 10.00 Å². The molecule has 1 saturated carbocycles. The van der Waals surface area contributed by atoms with Crippen molar-refractivity contribution in [1.29, 1.82) is 5.26 Å². The van der Waals surface area contributed by atoms with Crippen LogP contribution in [-0.2, 0) is 0 Å². The van der Waals surface area contributed by atoms with Gasteiger partial charge in [-0.15, -0.1) is 0 Å². The molecule has 0 unspecified atom stereocenters. The Morgan fingerprint density at radius 1 is 1.21 bits per heavy atom. The molecule has 0 aliphatic heterocycles. The minimum absolute atomic E-state index is 0.348. The standard InChI is InChI=1S/C16H21NO2/c1-12-8-14(10-17)9-13(2)15(12)19-11-16(18)6-4-3-5-7-16/h8-9,18H,3-7,11H2,1-2H3. The second kappa shape index (κ2) is 5.63. The third-order valence-electron chi connectivity index (χ3n) is 3.86. The molecule has 0 heterocycles. The zero-order chi connectivity index (χ0) is 13.9. The Bertz CT molecular complexity index is 473. The van der Waals surface area contributed by atoms with Crippen molar-refractivity contribution in [2.45, 2.75) is 51.6 Å². The first-order valence-corrected chi connectivity index (χ1v) is 6.91. The number of aliphatic hydroxyl groups is 1. The normalized spacial score (nSPS) is 17.8. The quantitative estimate of drug-likeness (QED) is 0.906. The lowest BCUT2D eigenvalue weighted by molar-refractivity contribution is -0.0341. The van der Waals surface area contributed by atoms with Crippen molar-refractivity contribution < 1.29 is 9.84 Å². The summed E-state index contributed by atoms with van der Waals surface area (Å²) in [6, 6.07) is 5.80. The molecule has 1 aromatic rings. The fourth-order valence-electron chi connectivity index (χ4n) is 2.80. The summed E-state index contributed by atoms with van der Waals surface area (Å²) in [5.41, 5.74) is 1.89. The highest BCUT2D eigenvalue weighted by Gasteiger charge is 2.30. The molecule has 0 atom stereocenters. The van der Waals surface area contributed by atoms with E-state index in [1.54, 1.807) is 0 Å². The Morgan fingerprint density at radius 2 is 1.79 bits per heavy atom. The summed E-state index contributed by atoms with van der Waals surface area (Å²) in [7, 11) is 0. The topological polar surface area (TPSA) is 53.2 Å². The third kappa shape index (κ3) is 3.27. The first-order chi connectivity index (χ1) is 9.04. The third-order valence-corrected chi connectivity index (χ3v) is 3.86. The molecule has 2 rings (SSSR count). The van der Waals surface area contributed by atoms with Gasteiger partial charge in [0.25, 0.3) is 0 Å². The van der Waals surface area contributed by atoms with Crippen LogP contribution in [0.25, 0.3) is 0 Å². The summed E-state index contributed by atoms with van der Waals surface area (Å²) >= 11 is 0. The molecule has 0 bridgehead atoms. The second-order valence-corrected chi connectivity index (χ2v) is 5.62. The van der Waals surface area contributed by atoms with Crippen molar-refractivity contribution in [2.24, 2.45) is 0 Å². The van der Waals surface area contributed by atoms with E-state index in [9.17, 15) is 5.11 Å². The Balaban J connectivity index is 2.09. The predicted molar refractivity (Wildman–Crippen MR) is 74.2 cm³/mol. The van der Waals surface area contributed by atoms with Crippen molar-refractivity contribution in [3.8, 4) is 11.8 Å². The van der Waals surface area contributed by atoms with Gasteiger partial charge in [-0.05, 0) is 49.9 Å². The van der Waals surface area contributed by atoms with Crippen molar-refractivity contribution in [3.05, 3.63) is 28.8 Å². The molecule has 102 valence electrons. The Kier molecular flexibility index (Phi) is 4.11. The number of hydrogen-bond acceptors (Lipinski definition) is 3. The Hall–Kier alpha value is -1.53. The lowest BCUT2D eigenvalue weighted by Crippen LogP contribution is -2.38. The summed E-state index contributed by atoms with van der Waals surface area (Å²) in [4.78, 5) is 0. The van der Waals surface area contributed by atoms with Gasteiger partial charge < -0.3 is 9.84 Å². The molecule has 0 amide bonds. The Labute approximate surface area is 114 Å². The van der Waals surface area contributed by atoms with Gasteiger partial charge in [0.15, 0.2) is 0 Å². The largest absolute Gasteiger partial charge is 0.490 e. The van der Waals surface area contributed by atoms with Gasteiger partial charge in [-0.3, -0.25) is 0 Å². The molecule has 1 N–H and O–H groups in total. The first-order valence-electron chi connectivity index (χ1n) is 6.91. The zero-order valence-corrected chi connectivity index (χ0v) is 11.7. The van der Waals surface area contributed by atoms with Crippen molar-refractivity contribution in [2.75, 3.05) is 6.61 Å². The molecule has 3 heteroatoms. The fourth-order valence-corrected chi connectivity index (χ4v) is 2.80. The highest BCUT2D eigenvalue weighted by Crippen LogP contribution is 2.31. The van der Waals surface area contributed by atoms with Crippen LogP contribution in [0.15, 0.2) is 12.1 Å². The molecule has 1 aliphatic carbocycles. The molecule has 0 spiro atoms. The summed E-state index contributed by atoms with van der Waals surface area (Å²) in [6.45, 7) is 4.22. The number of hydrogen-bond donors (Lipinski definition) is 1. The molecule has 3 nitrogen and oxygen atoms in total. The monoisotopic (exact) mass is 259 g/mol. The lowest BCUT2D eigenvalue weighted by atomic mass is 9.85. The van der Waals surface area contributed by atoms with E-state index < -0.39 is 5.60 Å². The molecule has 0 saturated heterocycles. The van der Waals surface area contributed by atoms with Crippen LogP contribution in [0.2, 0.25) is 0 Å². The minimum atomic E-state index is -0.676. The molecule has 1 fully saturated rings. The molecule has 0 aromatic heterocycles. The van der Waals surface area contributed by atoms with Crippen molar-refractivity contribution in [3.63, 3.8) is 0 Å². The number of rotatable bonds is 3. The SMILES string of the molecule is Cc1cc(C#N)cc(C)c1OCC1(O)CCCCC1. The van der Waals surface area contributed by atoms with Gasteiger partial charge >= 0.3 is 0 Å². The average molecular weight is 259 g/mol. The van der Waals surface area contributed by atoms with Crippen LogP contribution in [0.1, 0.15) is 48.8 Å². The number of nitrogens with zero attached hydrogens (tertiary/aromatic N) is 1. The minimum Gasteiger partial charge on any atom is -0.490 e. The molecular formula is C16H21NO2. The summed E-state index contributed by atoms with van der Waals surface area (Å²) in [6.07, 6.45) is 5.00. The van der Waals surface area contributed by atoms with Crippen molar-refractivity contribution >= 4 is 0 Å². The van der Waals surface area contributed by atoms with E-state index in [-0.39, 0.29) is 0 Å². The van der Waals surface area contributed by atoms with Crippen LogP contribution in [0.5, 0.6) is 5.75 Å². The fraction of sp³-hybridized carbons (Fsp3) is 0.562. The van der Waals surface area contributed by atoms with Crippen LogP contribution in [0, 0.1) is 25.2 Å². The molecule has 0 radical (unpaired) electrons. The molecular weight excluding hydrogens is 238 g/mol. The number of ether oxygens (including phenoxy) is 1. The van der Waals surface area contributed by atoms with Gasteiger partial charge in [-0.1, -0.05) is 19.3 Å². The number of nitriles is 1. The van der Waals surface area contributed by atoms with E-state index >= 15 is 0 Å². The van der Waals surface area contributed by atoms with E-state index in [0.717, 1.165) is 42.6 Å². The van der Waals surface area contributed by atoms with Gasteiger partial charge in [-0.25, -0.2) is 0 Å². The van der Waals surface area contributed by atoms with Crippen LogP contribution < -0.4 is 4.74 Å².